The van der Waals surface area contributed by atoms with Crippen LogP contribution in [0.2, 0.25) is 0 Å². The Morgan fingerprint density at radius 3 is 2.10 bits per heavy atom. The maximum absolute atomic E-state index is 12.1. The van der Waals surface area contributed by atoms with Crippen molar-refractivity contribution in [1.82, 2.24) is 0 Å². The van der Waals surface area contributed by atoms with Crippen molar-refractivity contribution in [3.05, 3.63) is 65.2 Å². The Bertz CT molecular complexity index is 553. The van der Waals surface area contributed by atoms with Crippen molar-refractivity contribution in [2.75, 3.05) is 7.11 Å². The third kappa shape index (κ3) is 3.70. The monoisotopic (exact) mass is 268 g/mol. The van der Waals surface area contributed by atoms with Crippen LogP contribution in [0.1, 0.15) is 34.8 Å². The number of ketones is 1. The summed E-state index contributed by atoms with van der Waals surface area (Å²) < 4.78 is 5.12. The lowest BCUT2D eigenvalue weighted by molar-refractivity contribution is 0.0983. The fourth-order valence-corrected chi connectivity index (χ4v) is 2.12. The highest BCUT2D eigenvalue weighted by atomic mass is 16.5. The van der Waals surface area contributed by atoms with Crippen molar-refractivity contribution in [1.29, 1.82) is 0 Å². The van der Waals surface area contributed by atoms with Gasteiger partial charge in [-0.2, -0.15) is 0 Å². The molecule has 2 rings (SSSR count). The molecule has 2 aromatic carbocycles. The van der Waals surface area contributed by atoms with Gasteiger partial charge in [-0.1, -0.05) is 43.3 Å². The SMILES string of the molecule is CCc1ccc(C(=O)CCc2ccc(OC)cc2)cc1. The van der Waals surface area contributed by atoms with Crippen molar-refractivity contribution in [3.8, 4) is 5.75 Å². The molecule has 0 saturated heterocycles. The van der Waals surface area contributed by atoms with E-state index in [-0.39, 0.29) is 5.78 Å². The summed E-state index contributed by atoms with van der Waals surface area (Å²) in [7, 11) is 1.65. The van der Waals surface area contributed by atoms with E-state index in [9.17, 15) is 4.79 Å². The molecule has 2 nitrogen and oxygen atoms in total. The van der Waals surface area contributed by atoms with E-state index in [2.05, 4.69) is 6.92 Å². The largest absolute Gasteiger partial charge is 0.497 e. The second kappa shape index (κ2) is 6.90. The molecule has 0 aliphatic rings. The van der Waals surface area contributed by atoms with Crippen LogP contribution in [0.25, 0.3) is 0 Å². The molecule has 104 valence electrons. The number of hydrogen-bond donors (Lipinski definition) is 0. The van der Waals surface area contributed by atoms with Gasteiger partial charge in [0.1, 0.15) is 5.75 Å². The van der Waals surface area contributed by atoms with Crippen LogP contribution >= 0.6 is 0 Å². The van der Waals surface area contributed by atoms with E-state index >= 15 is 0 Å². The highest BCUT2D eigenvalue weighted by Crippen LogP contribution is 2.14. The summed E-state index contributed by atoms with van der Waals surface area (Å²) in [6.45, 7) is 2.11. The molecule has 0 amide bonds. The number of carbonyl (C=O) groups is 1. The normalized spacial score (nSPS) is 10.3. The Morgan fingerprint density at radius 2 is 1.55 bits per heavy atom. The van der Waals surface area contributed by atoms with E-state index < -0.39 is 0 Å². The molecule has 0 saturated carbocycles. The van der Waals surface area contributed by atoms with Crippen LogP contribution in [0.5, 0.6) is 5.75 Å². The van der Waals surface area contributed by atoms with Crippen molar-refractivity contribution in [3.63, 3.8) is 0 Å². The van der Waals surface area contributed by atoms with E-state index in [4.69, 9.17) is 4.74 Å². The predicted molar refractivity (Wildman–Crippen MR) is 81.5 cm³/mol. The number of hydrogen-bond acceptors (Lipinski definition) is 2. The predicted octanol–water partition coefficient (Wildman–Crippen LogP) is 4.07. The number of methoxy groups -OCH3 is 1. The second-order valence-electron chi connectivity index (χ2n) is 4.82. The van der Waals surface area contributed by atoms with Gasteiger partial charge in [-0.05, 0) is 36.1 Å². The number of ether oxygens (including phenoxy) is 1. The smallest absolute Gasteiger partial charge is 0.163 e. The molecule has 0 aliphatic heterocycles. The molecule has 0 unspecified atom stereocenters. The maximum Gasteiger partial charge on any atom is 0.163 e. The Labute approximate surface area is 120 Å². The van der Waals surface area contributed by atoms with Crippen LogP contribution in [0, 0.1) is 0 Å². The maximum atomic E-state index is 12.1. The number of aryl methyl sites for hydroxylation is 2. The first-order valence-electron chi connectivity index (χ1n) is 6.98. The Balaban J connectivity index is 1.93. The highest BCUT2D eigenvalue weighted by molar-refractivity contribution is 5.96. The molecule has 0 aliphatic carbocycles. The van der Waals surface area contributed by atoms with Gasteiger partial charge in [0.05, 0.1) is 7.11 Å². The van der Waals surface area contributed by atoms with E-state index in [1.165, 1.54) is 5.56 Å². The second-order valence-corrected chi connectivity index (χ2v) is 4.82. The summed E-state index contributed by atoms with van der Waals surface area (Å²) in [6.07, 6.45) is 2.30. The first kappa shape index (κ1) is 14.3. The van der Waals surface area contributed by atoms with Crippen molar-refractivity contribution >= 4 is 5.78 Å². The Kier molecular flexibility index (Phi) is 4.94. The van der Waals surface area contributed by atoms with E-state index in [0.29, 0.717) is 6.42 Å². The van der Waals surface area contributed by atoms with Gasteiger partial charge in [0, 0.05) is 12.0 Å². The zero-order valence-corrected chi connectivity index (χ0v) is 12.1. The minimum Gasteiger partial charge on any atom is -0.497 e. The highest BCUT2D eigenvalue weighted by Gasteiger charge is 2.06. The molecule has 0 N–H and O–H groups in total. The molecule has 2 heteroatoms. The summed E-state index contributed by atoms with van der Waals surface area (Å²) in [5.74, 6) is 1.04. The molecule has 2 aromatic rings. The van der Waals surface area contributed by atoms with Gasteiger partial charge in [0.15, 0.2) is 5.78 Å². The lowest BCUT2D eigenvalue weighted by Gasteiger charge is -2.04. The molecular formula is C18H20O2. The van der Waals surface area contributed by atoms with Gasteiger partial charge in [0.25, 0.3) is 0 Å². The van der Waals surface area contributed by atoms with Crippen molar-refractivity contribution < 1.29 is 9.53 Å². The van der Waals surface area contributed by atoms with Gasteiger partial charge in [-0.3, -0.25) is 4.79 Å². The van der Waals surface area contributed by atoms with Gasteiger partial charge in [-0.15, -0.1) is 0 Å². The summed E-state index contributed by atoms with van der Waals surface area (Å²) >= 11 is 0. The van der Waals surface area contributed by atoms with Crippen molar-refractivity contribution in [2.24, 2.45) is 0 Å². The van der Waals surface area contributed by atoms with Crippen LogP contribution in [0.15, 0.2) is 48.5 Å². The number of rotatable bonds is 6. The number of benzene rings is 2. The van der Waals surface area contributed by atoms with Crippen LogP contribution in [0.3, 0.4) is 0 Å². The molecule has 0 aromatic heterocycles. The summed E-state index contributed by atoms with van der Waals surface area (Å²) in [5.41, 5.74) is 3.22. The first-order chi connectivity index (χ1) is 9.72. The van der Waals surface area contributed by atoms with Crippen LogP contribution in [-0.2, 0) is 12.8 Å². The van der Waals surface area contributed by atoms with Crippen LogP contribution < -0.4 is 4.74 Å². The zero-order valence-electron chi connectivity index (χ0n) is 12.1. The van der Waals surface area contributed by atoms with E-state index in [0.717, 1.165) is 29.7 Å². The first-order valence-corrected chi connectivity index (χ1v) is 6.98. The van der Waals surface area contributed by atoms with Crippen molar-refractivity contribution in [2.45, 2.75) is 26.2 Å². The Morgan fingerprint density at radius 1 is 0.950 bits per heavy atom. The zero-order chi connectivity index (χ0) is 14.4. The summed E-state index contributed by atoms with van der Waals surface area (Å²) in [6, 6.07) is 15.8. The topological polar surface area (TPSA) is 26.3 Å². The number of Topliss-reactive ketones (excluding diaryl/α,β-unsaturated/α-hetero) is 1. The Hall–Kier alpha value is -2.09. The fraction of sp³-hybridized carbons (Fsp3) is 0.278. The van der Waals surface area contributed by atoms with Gasteiger partial charge in [0.2, 0.25) is 0 Å². The average molecular weight is 268 g/mol. The molecule has 0 heterocycles. The molecular weight excluding hydrogens is 248 g/mol. The van der Waals surface area contributed by atoms with Crippen LogP contribution in [-0.4, -0.2) is 12.9 Å². The standard InChI is InChI=1S/C18H20O2/c1-3-14-4-9-16(10-5-14)18(19)13-8-15-6-11-17(20-2)12-7-15/h4-7,9-12H,3,8,13H2,1-2H3. The van der Waals surface area contributed by atoms with Gasteiger partial charge in [-0.25, -0.2) is 0 Å². The quantitative estimate of drug-likeness (QED) is 0.738. The third-order valence-corrected chi connectivity index (χ3v) is 3.48. The number of carbonyl (C=O) groups excluding carboxylic acids is 1. The van der Waals surface area contributed by atoms with Crippen LogP contribution in [0.4, 0.5) is 0 Å². The molecule has 0 spiro atoms. The minimum atomic E-state index is 0.198. The lowest BCUT2D eigenvalue weighted by Crippen LogP contribution is -2.01. The molecule has 0 fully saturated rings. The molecule has 0 bridgehead atoms. The summed E-state index contributed by atoms with van der Waals surface area (Å²) in [5, 5.41) is 0. The molecule has 0 atom stereocenters. The van der Waals surface area contributed by atoms with E-state index in [1.807, 2.05) is 48.5 Å². The van der Waals surface area contributed by atoms with Gasteiger partial charge < -0.3 is 4.74 Å². The molecule has 0 radical (unpaired) electrons. The average Bonchev–Trinajstić information content (AvgIpc) is 2.53. The lowest BCUT2D eigenvalue weighted by atomic mass is 10.0. The fourth-order valence-electron chi connectivity index (χ4n) is 2.12. The van der Waals surface area contributed by atoms with Gasteiger partial charge >= 0.3 is 0 Å². The minimum absolute atomic E-state index is 0.198. The third-order valence-electron chi connectivity index (χ3n) is 3.48. The van der Waals surface area contributed by atoms with E-state index in [1.54, 1.807) is 7.11 Å². The molecule has 20 heavy (non-hydrogen) atoms. The summed E-state index contributed by atoms with van der Waals surface area (Å²) in [4.78, 5) is 12.1.